The molecule has 0 heterocycles. The number of nitro groups is 1. The number of nitrogens with zero attached hydrogens (tertiary/aromatic N) is 1. The number of hydrogen-bond acceptors (Lipinski definition) is 3. The summed E-state index contributed by atoms with van der Waals surface area (Å²) in [5.41, 5.74) is 0.300. The Morgan fingerprint density at radius 3 is 2.60 bits per heavy atom. The Kier molecular flexibility index (Phi) is 4.42. The van der Waals surface area contributed by atoms with E-state index in [1.165, 1.54) is 12.1 Å². The van der Waals surface area contributed by atoms with Gasteiger partial charge in [-0.2, -0.15) is 4.39 Å². The summed E-state index contributed by atoms with van der Waals surface area (Å²) in [5, 5.41) is 14.4. The van der Waals surface area contributed by atoms with Gasteiger partial charge in [-0.1, -0.05) is 35.3 Å². The molecule has 0 aliphatic carbocycles. The van der Waals surface area contributed by atoms with Crippen LogP contribution in [0.3, 0.4) is 0 Å². The molecular formula is C13H9Cl2FN2O2. The van der Waals surface area contributed by atoms with Crippen molar-refractivity contribution >= 4 is 34.6 Å². The smallest absolute Gasteiger partial charge is 0.305 e. The van der Waals surface area contributed by atoms with E-state index in [9.17, 15) is 14.5 Å². The Balaban J connectivity index is 2.17. The lowest BCUT2D eigenvalue weighted by Gasteiger charge is -2.08. The molecule has 7 heteroatoms. The van der Waals surface area contributed by atoms with Gasteiger partial charge in [-0.25, -0.2) is 0 Å². The summed E-state index contributed by atoms with van der Waals surface area (Å²) < 4.78 is 13.8. The highest BCUT2D eigenvalue weighted by molar-refractivity contribution is 6.42. The van der Waals surface area contributed by atoms with E-state index in [2.05, 4.69) is 5.32 Å². The fourth-order valence-electron chi connectivity index (χ4n) is 1.65. The van der Waals surface area contributed by atoms with Gasteiger partial charge in [-0.15, -0.1) is 0 Å². The minimum absolute atomic E-state index is 0.103. The van der Waals surface area contributed by atoms with E-state index in [1.54, 1.807) is 18.2 Å². The molecule has 0 aromatic heterocycles. The molecule has 0 aliphatic rings. The minimum Gasteiger partial charge on any atom is -0.381 e. The van der Waals surface area contributed by atoms with Gasteiger partial charge in [0.15, 0.2) is 0 Å². The van der Waals surface area contributed by atoms with Gasteiger partial charge in [0.1, 0.15) is 0 Å². The number of nitro benzene ring substituents is 1. The molecule has 0 aliphatic heterocycles. The van der Waals surface area contributed by atoms with Crippen molar-refractivity contribution in [1.29, 1.82) is 0 Å². The van der Waals surface area contributed by atoms with Crippen LogP contribution in [-0.4, -0.2) is 4.92 Å². The maximum absolute atomic E-state index is 13.8. The van der Waals surface area contributed by atoms with Crippen molar-refractivity contribution in [2.75, 3.05) is 5.32 Å². The molecule has 2 aromatic carbocycles. The standard InChI is InChI=1S/C13H9Cl2FN2O2/c14-10-5-4-9(6-11(10)15)17-7-8-2-1-3-12(13(8)16)18(19)20/h1-6,17H,7H2. The monoisotopic (exact) mass is 314 g/mol. The van der Waals surface area contributed by atoms with Crippen LogP contribution in [-0.2, 0) is 6.54 Å². The van der Waals surface area contributed by atoms with E-state index in [0.717, 1.165) is 6.07 Å². The molecule has 2 aromatic rings. The van der Waals surface area contributed by atoms with Gasteiger partial charge in [0.05, 0.1) is 15.0 Å². The molecule has 0 radical (unpaired) electrons. The van der Waals surface area contributed by atoms with Crippen molar-refractivity contribution < 1.29 is 9.31 Å². The molecule has 0 bridgehead atoms. The lowest BCUT2D eigenvalue weighted by atomic mass is 10.2. The van der Waals surface area contributed by atoms with Crippen molar-refractivity contribution in [1.82, 2.24) is 0 Å². The number of halogens is 3. The van der Waals surface area contributed by atoms with Gasteiger partial charge in [0, 0.05) is 23.9 Å². The zero-order chi connectivity index (χ0) is 14.7. The zero-order valence-electron chi connectivity index (χ0n) is 10.1. The van der Waals surface area contributed by atoms with E-state index < -0.39 is 16.4 Å². The van der Waals surface area contributed by atoms with E-state index in [-0.39, 0.29) is 12.1 Å². The summed E-state index contributed by atoms with van der Waals surface area (Å²) in [4.78, 5) is 9.89. The predicted molar refractivity (Wildman–Crippen MR) is 76.8 cm³/mol. The predicted octanol–water partition coefficient (Wildman–Crippen LogP) is 4.65. The fraction of sp³-hybridized carbons (Fsp3) is 0.0769. The summed E-state index contributed by atoms with van der Waals surface area (Å²) in [5.74, 6) is -0.843. The first-order valence-electron chi connectivity index (χ1n) is 5.59. The first-order chi connectivity index (χ1) is 9.49. The number of benzene rings is 2. The lowest BCUT2D eigenvalue weighted by Crippen LogP contribution is -2.04. The number of nitrogens with one attached hydrogen (secondary N) is 1. The first-order valence-corrected chi connectivity index (χ1v) is 6.35. The second-order valence-electron chi connectivity index (χ2n) is 3.99. The quantitative estimate of drug-likeness (QED) is 0.660. The highest BCUT2D eigenvalue weighted by atomic mass is 35.5. The van der Waals surface area contributed by atoms with E-state index in [0.29, 0.717) is 15.7 Å². The number of anilines is 1. The normalized spacial score (nSPS) is 10.3. The van der Waals surface area contributed by atoms with Crippen LogP contribution in [0.4, 0.5) is 15.8 Å². The summed E-state index contributed by atoms with van der Waals surface area (Å²) in [6, 6.07) is 8.93. The molecule has 0 atom stereocenters. The van der Waals surface area contributed by atoms with Gasteiger partial charge in [-0.3, -0.25) is 10.1 Å². The molecule has 20 heavy (non-hydrogen) atoms. The molecule has 0 unspecified atom stereocenters. The molecule has 4 nitrogen and oxygen atoms in total. The average molecular weight is 315 g/mol. The minimum atomic E-state index is -0.843. The van der Waals surface area contributed by atoms with Gasteiger partial charge < -0.3 is 5.32 Å². The molecule has 0 fully saturated rings. The molecule has 0 amide bonds. The maximum atomic E-state index is 13.8. The average Bonchev–Trinajstić information content (AvgIpc) is 2.41. The van der Waals surface area contributed by atoms with Gasteiger partial charge >= 0.3 is 5.69 Å². The molecular weight excluding hydrogens is 306 g/mol. The van der Waals surface area contributed by atoms with Crippen molar-refractivity contribution in [3.8, 4) is 0 Å². The van der Waals surface area contributed by atoms with E-state index >= 15 is 0 Å². The Bertz CT molecular complexity index is 665. The van der Waals surface area contributed by atoms with Crippen molar-refractivity contribution in [2.24, 2.45) is 0 Å². The SMILES string of the molecule is O=[N+]([O-])c1cccc(CNc2ccc(Cl)c(Cl)c2)c1F. The van der Waals surface area contributed by atoms with Crippen LogP contribution in [0.5, 0.6) is 0 Å². The van der Waals surface area contributed by atoms with Crippen LogP contribution in [0.25, 0.3) is 0 Å². The molecule has 104 valence electrons. The molecule has 0 saturated carbocycles. The maximum Gasteiger partial charge on any atom is 0.305 e. The second-order valence-corrected chi connectivity index (χ2v) is 4.80. The first kappa shape index (κ1) is 14.6. The van der Waals surface area contributed by atoms with Crippen molar-refractivity contribution in [3.63, 3.8) is 0 Å². The largest absolute Gasteiger partial charge is 0.381 e. The summed E-state index contributed by atoms with van der Waals surface area (Å²) in [6.07, 6.45) is 0. The van der Waals surface area contributed by atoms with Crippen molar-refractivity contribution in [2.45, 2.75) is 6.54 Å². The van der Waals surface area contributed by atoms with Gasteiger partial charge in [-0.05, 0) is 18.2 Å². The Labute approximate surface area is 124 Å². The summed E-state index contributed by atoms with van der Waals surface area (Å²) in [6.45, 7) is 0.103. The third-order valence-corrected chi connectivity index (χ3v) is 3.40. The van der Waals surface area contributed by atoms with E-state index in [4.69, 9.17) is 23.2 Å². The number of rotatable bonds is 4. The highest BCUT2D eigenvalue weighted by Crippen LogP contribution is 2.26. The third-order valence-electron chi connectivity index (χ3n) is 2.66. The van der Waals surface area contributed by atoms with Crippen LogP contribution >= 0.6 is 23.2 Å². The zero-order valence-corrected chi connectivity index (χ0v) is 11.6. The molecule has 0 saturated heterocycles. The van der Waals surface area contributed by atoms with Crippen LogP contribution in [0.1, 0.15) is 5.56 Å². The van der Waals surface area contributed by atoms with Crippen LogP contribution in [0.2, 0.25) is 10.0 Å². The van der Waals surface area contributed by atoms with Gasteiger partial charge in [0.25, 0.3) is 0 Å². The Morgan fingerprint density at radius 1 is 1.20 bits per heavy atom. The van der Waals surface area contributed by atoms with Crippen molar-refractivity contribution in [3.05, 3.63) is 67.9 Å². The molecule has 2 rings (SSSR count). The summed E-state index contributed by atoms with van der Waals surface area (Å²) in [7, 11) is 0. The van der Waals surface area contributed by atoms with Crippen LogP contribution in [0.15, 0.2) is 36.4 Å². The highest BCUT2D eigenvalue weighted by Gasteiger charge is 2.16. The number of hydrogen-bond donors (Lipinski definition) is 1. The lowest BCUT2D eigenvalue weighted by molar-refractivity contribution is -0.387. The van der Waals surface area contributed by atoms with Crippen LogP contribution in [0, 0.1) is 15.9 Å². The van der Waals surface area contributed by atoms with E-state index in [1.807, 2.05) is 0 Å². The van der Waals surface area contributed by atoms with Gasteiger partial charge in [0.2, 0.25) is 5.82 Å². The molecule has 1 N–H and O–H groups in total. The Hall–Kier alpha value is -1.85. The summed E-state index contributed by atoms with van der Waals surface area (Å²) >= 11 is 11.6. The topological polar surface area (TPSA) is 55.2 Å². The fourth-order valence-corrected chi connectivity index (χ4v) is 1.95. The third kappa shape index (κ3) is 3.18. The molecule has 0 spiro atoms. The van der Waals surface area contributed by atoms with Crippen LogP contribution < -0.4 is 5.32 Å². The second kappa shape index (κ2) is 6.07. The Morgan fingerprint density at radius 2 is 1.95 bits per heavy atom.